The molecule has 2 aliphatic rings. The molecule has 3 rings (SSSR count). The summed E-state index contributed by atoms with van der Waals surface area (Å²) in [7, 11) is 0. The standard InChI is InChI=1S/C13H14FNO3/c14-10-3-8(13(16)17)4-12-9(10)5-15-11(6-18-12)7-1-2-7/h3-4,7,11,15H,1-2,5-6H2,(H,16,17)/t11-/m1/s1. The van der Waals surface area contributed by atoms with Gasteiger partial charge in [-0.05, 0) is 30.9 Å². The third-order valence-corrected chi connectivity index (χ3v) is 3.55. The van der Waals surface area contributed by atoms with Crippen molar-refractivity contribution < 1.29 is 19.0 Å². The minimum absolute atomic E-state index is 0.0730. The molecule has 0 spiro atoms. The molecular weight excluding hydrogens is 237 g/mol. The first-order valence-electron chi connectivity index (χ1n) is 6.07. The largest absolute Gasteiger partial charge is 0.491 e. The Hall–Kier alpha value is -1.62. The summed E-state index contributed by atoms with van der Waals surface area (Å²) in [6.45, 7) is 0.864. The molecule has 0 radical (unpaired) electrons. The summed E-state index contributed by atoms with van der Waals surface area (Å²) >= 11 is 0. The summed E-state index contributed by atoms with van der Waals surface area (Å²) in [5, 5.41) is 12.2. The molecule has 96 valence electrons. The second-order valence-corrected chi connectivity index (χ2v) is 4.88. The zero-order valence-corrected chi connectivity index (χ0v) is 9.78. The van der Waals surface area contributed by atoms with E-state index in [1.165, 1.54) is 18.9 Å². The highest BCUT2D eigenvalue weighted by Gasteiger charge is 2.33. The van der Waals surface area contributed by atoms with Gasteiger partial charge in [-0.1, -0.05) is 0 Å². The van der Waals surface area contributed by atoms with Crippen LogP contribution in [0.15, 0.2) is 12.1 Å². The molecule has 0 bridgehead atoms. The number of carbonyl (C=O) groups is 1. The predicted octanol–water partition coefficient (Wildman–Crippen LogP) is 1.78. The summed E-state index contributed by atoms with van der Waals surface area (Å²) in [6, 6.07) is 2.69. The highest BCUT2D eigenvalue weighted by Crippen LogP contribution is 2.35. The van der Waals surface area contributed by atoms with E-state index in [-0.39, 0.29) is 11.6 Å². The van der Waals surface area contributed by atoms with E-state index in [2.05, 4.69) is 5.32 Å². The molecule has 1 aliphatic carbocycles. The number of aromatic carboxylic acids is 1. The van der Waals surface area contributed by atoms with Gasteiger partial charge in [0.1, 0.15) is 18.2 Å². The average Bonchev–Trinajstić information content (AvgIpc) is 3.14. The van der Waals surface area contributed by atoms with Crippen molar-refractivity contribution in [2.24, 2.45) is 5.92 Å². The minimum Gasteiger partial charge on any atom is -0.491 e. The Bertz CT molecular complexity index is 499. The molecule has 4 nitrogen and oxygen atoms in total. The summed E-state index contributed by atoms with van der Waals surface area (Å²) in [5.41, 5.74) is 0.347. The minimum atomic E-state index is -1.14. The van der Waals surface area contributed by atoms with Crippen LogP contribution in [0.3, 0.4) is 0 Å². The lowest BCUT2D eigenvalue weighted by molar-refractivity contribution is 0.0695. The molecule has 1 aliphatic heterocycles. The van der Waals surface area contributed by atoms with Gasteiger partial charge in [0.2, 0.25) is 0 Å². The number of carboxylic acids is 1. The van der Waals surface area contributed by atoms with Crippen LogP contribution in [0.25, 0.3) is 0 Å². The molecule has 1 heterocycles. The van der Waals surface area contributed by atoms with Crippen LogP contribution in [0.2, 0.25) is 0 Å². The average molecular weight is 251 g/mol. The van der Waals surface area contributed by atoms with Crippen molar-refractivity contribution in [2.45, 2.75) is 25.4 Å². The summed E-state index contributed by atoms with van der Waals surface area (Å²) < 4.78 is 19.4. The quantitative estimate of drug-likeness (QED) is 0.841. The number of nitrogens with one attached hydrogen (secondary N) is 1. The van der Waals surface area contributed by atoms with Crippen LogP contribution in [-0.4, -0.2) is 23.7 Å². The number of benzene rings is 1. The zero-order valence-electron chi connectivity index (χ0n) is 9.78. The molecule has 1 aromatic rings. The van der Waals surface area contributed by atoms with E-state index in [9.17, 15) is 9.18 Å². The van der Waals surface area contributed by atoms with E-state index in [1.807, 2.05) is 0 Å². The predicted molar refractivity (Wildman–Crippen MR) is 62.2 cm³/mol. The van der Waals surface area contributed by atoms with Gasteiger partial charge in [-0.2, -0.15) is 0 Å². The van der Waals surface area contributed by atoms with Crippen molar-refractivity contribution >= 4 is 5.97 Å². The van der Waals surface area contributed by atoms with Crippen LogP contribution in [0.5, 0.6) is 5.75 Å². The van der Waals surface area contributed by atoms with Gasteiger partial charge in [-0.15, -0.1) is 0 Å². The Balaban J connectivity index is 1.90. The fraction of sp³-hybridized carbons (Fsp3) is 0.462. The second kappa shape index (κ2) is 4.24. The van der Waals surface area contributed by atoms with E-state index >= 15 is 0 Å². The molecule has 1 saturated carbocycles. The number of carboxylic acid groups (broad SMARTS) is 1. The third kappa shape index (κ3) is 2.06. The van der Waals surface area contributed by atoms with Gasteiger partial charge in [0, 0.05) is 18.2 Å². The molecule has 2 N–H and O–H groups in total. The van der Waals surface area contributed by atoms with E-state index in [0.29, 0.717) is 30.4 Å². The Kier molecular flexibility index (Phi) is 2.70. The van der Waals surface area contributed by atoms with Crippen LogP contribution < -0.4 is 10.1 Å². The van der Waals surface area contributed by atoms with Gasteiger partial charge in [-0.25, -0.2) is 9.18 Å². The molecule has 0 aromatic heterocycles. The topological polar surface area (TPSA) is 58.6 Å². The number of rotatable bonds is 2. The zero-order chi connectivity index (χ0) is 12.7. The van der Waals surface area contributed by atoms with Gasteiger partial charge >= 0.3 is 5.97 Å². The fourth-order valence-electron chi connectivity index (χ4n) is 2.31. The maximum absolute atomic E-state index is 13.8. The normalized spacial score (nSPS) is 22.8. The number of hydrogen-bond donors (Lipinski definition) is 2. The SMILES string of the molecule is O=C(O)c1cc(F)c2c(c1)OC[C@H](C1CC1)NC2. The van der Waals surface area contributed by atoms with Gasteiger partial charge in [0.15, 0.2) is 0 Å². The second-order valence-electron chi connectivity index (χ2n) is 4.88. The maximum Gasteiger partial charge on any atom is 0.335 e. The molecular formula is C13H14FNO3. The van der Waals surface area contributed by atoms with Crippen LogP contribution in [0.1, 0.15) is 28.8 Å². The Morgan fingerprint density at radius 1 is 1.44 bits per heavy atom. The van der Waals surface area contributed by atoms with E-state index in [1.54, 1.807) is 0 Å². The van der Waals surface area contributed by atoms with Crippen molar-refractivity contribution in [1.29, 1.82) is 0 Å². The van der Waals surface area contributed by atoms with Crippen LogP contribution in [-0.2, 0) is 6.54 Å². The van der Waals surface area contributed by atoms with Crippen molar-refractivity contribution in [3.63, 3.8) is 0 Å². The van der Waals surface area contributed by atoms with Crippen molar-refractivity contribution in [2.75, 3.05) is 6.61 Å². The molecule has 0 unspecified atom stereocenters. The Labute approximate surface area is 104 Å². The Morgan fingerprint density at radius 2 is 2.22 bits per heavy atom. The summed E-state index contributed by atoms with van der Waals surface area (Å²) in [6.07, 6.45) is 2.36. The summed E-state index contributed by atoms with van der Waals surface area (Å²) in [5.74, 6) is -0.700. The van der Waals surface area contributed by atoms with Crippen molar-refractivity contribution in [1.82, 2.24) is 5.32 Å². The van der Waals surface area contributed by atoms with Crippen LogP contribution in [0.4, 0.5) is 4.39 Å². The number of halogens is 1. The van der Waals surface area contributed by atoms with Crippen molar-refractivity contribution in [3.8, 4) is 5.75 Å². The smallest absolute Gasteiger partial charge is 0.335 e. The third-order valence-electron chi connectivity index (χ3n) is 3.55. The Morgan fingerprint density at radius 3 is 2.89 bits per heavy atom. The number of hydrogen-bond acceptors (Lipinski definition) is 3. The van der Waals surface area contributed by atoms with Gasteiger partial charge in [0.25, 0.3) is 0 Å². The molecule has 1 atom stereocenters. The van der Waals surface area contributed by atoms with Crippen LogP contribution in [0, 0.1) is 11.7 Å². The molecule has 5 heteroatoms. The number of ether oxygens (including phenoxy) is 1. The lowest BCUT2D eigenvalue weighted by Crippen LogP contribution is -2.34. The summed E-state index contributed by atoms with van der Waals surface area (Å²) in [4.78, 5) is 10.9. The monoisotopic (exact) mass is 251 g/mol. The van der Waals surface area contributed by atoms with E-state index in [0.717, 1.165) is 6.07 Å². The fourth-order valence-corrected chi connectivity index (χ4v) is 2.31. The lowest BCUT2D eigenvalue weighted by Gasteiger charge is -2.13. The molecule has 18 heavy (non-hydrogen) atoms. The van der Waals surface area contributed by atoms with Crippen molar-refractivity contribution in [3.05, 3.63) is 29.1 Å². The molecule has 0 amide bonds. The van der Waals surface area contributed by atoms with E-state index < -0.39 is 11.8 Å². The van der Waals surface area contributed by atoms with Gasteiger partial charge in [-0.3, -0.25) is 0 Å². The molecule has 0 saturated heterocycles. The highest BCUT2D eigenvalue weighted by molar-refractivity contribution is 5.88. The van der Waals surface area contributed by atoms with Crippen LogP contribution >= 0.6 is 0 Å². The van der Waals surface area contributed by atoms with Gasteiger partial charge < -0.3 is 15.2 Å². The van der Waals surface area contributed by atoms with E-state index in [4.69, 9.17) is 9.84 Å². The lowest BCUT2D eigenvalue weighted by atomic mass is 10.1. The first kappa shape index (κ1) is 11.5. The maximum atomic E-state index is 13.8. The number of fused-ring (bicyclic) bond motifs is 1. The molecule has 1 fully saturated rings. The first-order valence-corrected chi connectivity index (χ1v) is 6.07. The highest BCUT2D eigenvalue weighted by atomic mass is 19.1. The molecule has 1 aromatic carbocycles. The van der Waals surface area contributed by atoms with Gasteiger partial charge in [0.05, 0.1) is 5.56 Å². The first-order chi connectivity index (χ1) is 8.65.